The monoisotopic (exact) mass is 613 g/mol. The number of ether oxygens (including phenoxy) is 3. The Balaban J connectivity index is 1.75. The number of alkyl carbamates (subject to hydrolysis) is 1. The Kier molecular flexibility index (Phi) is 11.1. The minimum atomic E-state index is -4.16. The van der Waals surface area contributed by atoms with Gasteiger partial charge < -0.3 is 24.6 Å². The Morgan fingerprint density at radius 2 is 1.86 bits per heavy atom. The molecule has 10 nitrogen and oxygen atoms in total. The molecule has 0 bridgehead atoms. The van der Waals surface area contributed by atoms with Crippen LogP contribution in [0.1, 0.15) is 63.9 Å². The number of methoxy groups -OCH3 is 1. The van der Waals surface area contributed by atoms with Gasteiger partial charge in [-0.05, 0) is 67.9 Å². The van der Waals surface area contributed by atoms with E-state index in [1.54, 1.807) is 19.1 Å². The first-order chi connectivity index (χ1) is 20.6. The Hall–Kier alpha value is -3.17. The van der Waals surface area contributed by atoms with Crippen LogP contribution in [0.15, 0.2) is 59.5 Å². The van der Waals surface area contributed by atoms with E-state index in [1.807, 2.05) is 30.3 Å². The number of carbonyl (C=O) groups is 1. The van der Waals surface area contributed by atoms with Gasteiger partial charge >= 0.3 is 6.09 Å². The second-order valence-electron chi connectivity index (χ2n) is 11.8. The predicted molar refractivity (Wildman–Crippen MR) is 161 cm³/mol. The van der Waals surface area contributed by atoms with Crippen LogP contribution in [-0.4, -0.2) is 63.7 Å². The minimum Gasteiger partial charge on any atom is -0.497 e. The number of hydrogen-bond acceptors (Lipinski definition) is 8. The van der Waals surface area contributed by atoms with Crippen molar-refractivity contribution in [1.82, 2.24) is 10.0 Å². The summed E-state index contributed by atoms with van der Waals surface area (Å²) >= 11 is 0. The molecule has 2 aliphatic rings. The molecular formula is C32H43N3O7S. The van der Waals surface area contributed by atoms with E-state index >= 15 is 0 Å². The van der Waals surface area contributed by atoms with Crippen molar-refractivity contribution in [2.75, 3.05) is 20.3 Å². The van der Waals surface area contributed by atoms with Gasteiger partial charge in [-0.15, -0.1) is 0 Å². The molecule has 3 N–H and O–H groups in total. The van der Waals surface area contributed by atoms with Gasteiger partial charge in [-0.25, -0.2) is 17.9 Å². The minimum absolute atomic E-state index is 0.0196. The molecule has 1 aliphatic heterocycles. The summed E-state index contributed by atoms with van der Waals surface area (Å²) < 4.78 is 47.0. The highest BCUT2D eigenvalue weighted by atomic mass is 32.2. The van der Waals surface area contributed by atoms with Crippen molar-refractivity contribution in [3.63, 3.8) is 0 Å². The molecule has 234 valence electrons. The van der Waals surface area contributed by atoms with Gasteiger partial charge in [-0.1, -0.05) is 49.6 Å². The molecule has 0 spiro atoms. The fraction of sp³-hybridized carbons (Fsp3) is 0.562. The van der Waals surface area contributed by atoms with E-state index in [-0.39, 0.29) is 17.7 Å². The molecule has 1 heterocycles. The number of aliphatic hydroxyl groups excluding tert-OH is 1. The largest absolute Gasteiger partial charge is 0.497 e. The van der Waals surface area contributed by atoms with Crippen LogP contribution < -0.4 is 14.8 Å². The molecule has 1 amide bonds. The standard InChI is InChI=1S/C32H43N3O7S/c1-31(32(19-9-20-33)17-7-4-8-18-32,35-43(38,39)27-14-12-25(40-2)13-15-27)29(36)28(22-24-10-5-3-6-11-24)34-30(37)42-26-16-21-41-23-26/h3,5-6,10-15,26,28-29,35-36H,4,7-9,16-19,21-23H2,1-2H3,(H,34,37)/t26-,28-,29+,31?/m0/s1. The van der Waals surface area contributed by atoms with Gasteiger partial charge in [-0.3, -0.25) is 0 Å². The van der Waals surface area contributed by atoms with Gasteiger partial charge in [0.1, 0.15) is 11.9 Å². The van der Waals surface area contributed by atoms with E-state index in [2.05, 4.69) is 16.1 Å². The Morgan fingerprint density at radius 3 is 2.47 bits per heavy atom. The van der Waals surface area contributed by atoms with E-state index in [0.29, 0.717) is 44.6 Å². The molecule has 0 radical (unpaired) electrons. The lowest BCUT2D eigenvalue weighted by Crippen LogP contribution is -2.69. The molecule has 4 atom stereocenters. The first kappa shape index (κ1) is 32.7. The van der Waals surface area contributed by atoms with Crippen molar-refractivity contribution in [2.24, 2.45) is 5.41 Å². The number of sulfonamides is 1. The Labute approximate surface area is 254 Å². The third-order valence-electron chi connectivity index (χ3n) is 9.08. The second kappa shape index (κ2) is 14.5. The average molecular weight is 614 g/mol. The van der Waals surface area contributed by atoms with Crippen LogP contribution in [0.2, 0.25) is 0 Å². The third kappa shape index (κ3) is 7.87. The fourth-order valence-electron chi connectivity index (χ4n) is 6.58. The fourth-order valence-corrected chi connectivity index (χ4v) is 8.09. The second-order valence-corrected chi connectivity index (χ2v) is 13.4. The quantitative estimate of drug-likeness (QED) is 0.300. The predicted octanol–water partition coefficient (Wildman–Crippen LogP) is 4.47. The maximum atomic E-state index is 14.0. The SMILES string of the molecule is COc1ccc(S(=O)(=O)NC(C)([C@H](O)[C@H](Cc2ccccc2)NC(=O)O[C@H]2CCOC2)C2(CCC#N)CCCCC2)cc1. The zero-order valence-corrected chi connectivity index (χ0v) is 25.8. The summed E-state index contributed by atoms with van der Waals surface area (Å²) in [6.07, 6.45) is 2.80. The molecule has 0 aromatic heterocycles. The molecule has 4 rings (SSSR count). The normalized spacial score (nSPS) is 21.1. The summed E-state index contributed by atoms with van der Waals surface area (Å²) in [6, 6.07) is 16.8. The number of benzene rings is 2. The molecule has 2 aromatic rings. The van der Waals surface area contributed by atoms with Crippen LogP contribution in [0.5, 0.6) is 5.75 Å². The number of nitrogens with zero attached hydrogens (tertiary/aromatic N) is 1. The lowest BCUT2D eigenvalue weighted by Gasteiger charge is -2.54. The van der Waals surface area contributed by atoms with Gasteiger partial charge in [0.2, 0.25) is 10.0 Å². The summed E-state index contributed by atoms with van der Waals surface area (Å²) in [5, 5.41) is 24.8. The number of carbonyl (C=O) groups excluding carboxylic acids is 1. The van der Waals surface area contributed by atoms with E-state index in [0.717, 1.165) is 24.8 Å². The molecule has 1 unspecified atom stereocenters. The lowest BCUT2D eigenvalue weighted by atomic mass is 9.57. The molecule has 43 heavy (non-hydrogen) atoms. The molecule has 1 aliphatic carbocycles. The van der Waals surface area contributed by atoms with E-state index in [9.17, 15) is 23.6 Å². The molecule has 11 heteroatoms. The van der Waals surface area contributed by atoms with Crippen LogP contribution in [0.3, 0.4) is 0 Å². The topological polar surface area (TPSA) is 147 Å². The number of hydrogen-bond donors (Lipinski definition) is 3. The first-order valence-electron chi connectivity index (χ1n) is 14.9. The number of aliphatic hydroxyl groups is 1. The number of amides is 1. The highest BCUT2D eigenvalue weighted by Gasteiger charge is 2.56. The van der Waals surface area contributed by atoms with Crippen LogP contribution in [0, 0.1) is 16.7 Å². The molecular weight excluding hydrogens is 570 g/mol. The number of rotatable bonds is 13. The highest BCUT2D eigenvalue weighted by molar-refractivity contribution is 7.89. The maximum absolute atomic E-state index is 14.0. The lowest BCUT2D eigenvalue weighted by molar-refractivity contribution is -0.0535. The van der Waals surface area contributed by atoms with Crippen molar-refractivity contribution in [2.45, 2.75) is 93.4 Å². The van der Waals surface area contributed by atoms with Crippen LogP contribution >= 0.6 is 0 Å². The molecule has 2 fully saturated rings. The molecule has 1 saturated heterocycles. The zero-order valence-electron chi connectivity index (χ0n) is 25.0. The number of nitriles is 1. The van der Waals surface area contributed by atoms with Crippen LogP contribution in [-0.2, 0) is 25.9 Å². The first-order valence-corrected chi connectivity index (χ1v) is 16.4. The summed E-state index contributed by atoms with van der Waals surface area (Å²) in [4.78, 5) is 13.2. The van der Waals surface area contributed by atoms with Gasteiger partial charge in [0.25, 0.3) is 0 Å². The van der Waals surface area contributed by atoms with Crippen LogP contribution in [0.4, 0.5) is 4.79 Å². The molecule has 1 saturated carbocycles. The van der Waals surface area contributed by atoms with Crippen molar-refractivity contribution >= 4 is 16.1 Å². The van der Waals surface area contributed by atoms with E-state index in [4.69, 9.17) is 14.2 Å². The van der Waals surface area contributed by atoms with Crippen LogP contribution in [0.25, 0.3) is 0 Å². The zero-order chi connectivity index (χ0) is 30.9. The average Bonchev–Trinajstić information content (AvgIpc) is 3.53. The van der Waals surface area contributed by atoms with Gasteiger partial charge in [0.15, 0.2) is 0 Å². The van der Waals surface area contributed by atoms with Gasteiger partial charge in [-0.2, -0.15) is 5.26 Å². The summed E-state index contributed by atoms with van der Waals surface area (Å²) in [5.74, 6) is 0.512. The van der Waals surface area contributed by atoms with Crippen molar-refractivity contribution in [3.8, 4) is 11.8 Å². The summed E-state index contributed by atoms with van der Waals surface area (Å²) in [7, 11) is -2.66. The maximum Gasteiger partial charge on any atom is 0.407 e. The number of nitrogens with one attached hydrogen (secondary N) is 2. The Bertz CT molecular complexity index is 1340. The van der Waals surface area contributed by atoms with Crippen molar-refractivity contribution in [3.05, 3.63) is 60.2 Å². The van der Waals surface area contributed by atoms with Gasteiger partial charge in [0.05, 0.1) is 49.0 Å². The summed E-state index contributed by atoms with van der Waals surface area (Å²) in [6.45, 7) is 2.52. The molecule has 2 aromatic carbocycles. The van der Waals surface area contributed by atoms with Gasteiger partial charge in [0, 0.05) is 12.8 Å². The van der Waals surface area contributed by atoms with Crippen molar-refractivity contribution in [1.29, 1.82) is 5.26 Å². The van der Waals surface area contributed by atoms with E-state index in [1.165, 1.54) is 19.2 Å². The third-order valence-corrected chi connectivity index (χ3v) is 10.7. The van der Waals surface area contributed by atoms with E-state index < -0.39 is 45.3 Å². The highest BCUT2D eigenvalue weighted by Crippen LogP contribution is 2.51. The Morgan fingerprint density at radius 1 is 1.16 bits per heavy atom. The van der Waals surface area contributed by atoms with Crippen molar-refractivity contribution < 1.29 is 32.5 Å². The summed E-state index contributed by atoms with van der Waals surface area (Å²) in [5.41, 5.74) is -1.36. The smallest absolute Gasteiger partial charge is 0.407 e.